The quantitative estimate of drug-likeness (QED) is 0.329. The van der Waals surface area contributed by atoms with Crippen LogP contribution in [0, 0.1) is 5.82 Å². The molecule has 0 atom stereocenters. The highest BCUT2D eigenvalue weighted by Crippen LogP contribution is 2.50. The third-order valence-electron chi connectivity index (χ3n) is 7.88. The number of ether oxygens (including phenoxy) is 2. The number of halogens is 1. The van der Waals surface area contributed by atoms with Gasteiger partial charge in [-0.3, -0.25) is 9.59 Å². The van der Waals surface area contributed by atoms with Crippen molar-refractivity contribution in [3.8, 4) is 11.5 Å². The van der Waals surface area contributed by atoms with Gasteiger partial charge in [0.2, 0.25) is 0 Å². The maximum absolute atomic E-state index is 14.3. The van der Waals surface area contributed by atoms with E-state index in [1.165, 1.54) is 6.07 Å². The Kier molecular flexibility index (Phi) is 8.01. The van der Waals surface area contributed by atoms with Gasteiger partial charge >= 0.3 is 0 Å². The Morgan fingerprint density at radius 1 is 0.949 bits per heavy atom. The summed E-state index contributed by atoms with van der Waals surface area (Å²) in [5, 5.41) is 0. The fraction of sp³-hybridized carbons (Fsp3) is 0.394. The van der Waals surface area contributed by atoms with Crippen molar-refractivity contribution in [2.24, 2.45) is 0 Å². The van der Waals surface area contributed by atoms with Crippen molar-refractivity contribution in [3.05, 3.63) is 94.1 Å². The lowest BCUT2D eigenvalue weighted by atomic mass is 9.70. The maximum Gasteiger partial charge on any atom is 0.165 e. The zero-order valence-corrected chi connectivity index (χ0v) is 22.9. The molecule has 3 aliphatic rings. The molecule has 0 spiro atoms. The van der Waals surface area contributed by atoms with E-state index in [2.05, 4.69) is 18.4 Å². The zero-order chi connectivity index (χ0) is 27.5. The molecule has 2 aromatic carbocycles. The summed E-state index contributed by atoms with van der Waals surface area (Å²) in [6.07, 6.45) is 6.58. The van der Waals surface area contributed by atoms with Gasteiger partial charge in [-0.25, -0.2) is 4.39 Å². The van der Waals surface area contributed by atoms with E-state index < -0.39 is 5.92 Å². The van der Waals surface area contributed by atoms with Gasteiger partial charge in [-0.15, -0.1) is 6.58 Å². The third kappa shape index (κ3) is 5.05. The molecule has 0 radical (unpaired) electrons. The lowest BCUT2D eigenvalue weighted by Gasteiger charge is -2.43. The number of carbonyl (C=O) groups is 2. The molecule has 0 unspecified atom stereocenters. The van der Waals surface area contributed by atoms with E-state index in [1.54, 1.807) is 24.3 Å². The summed E-state index contributed by atoms with van der Waals surface area (Å²) in [7, 11) is 0. The van der Waals surface area contributed by atoms with Crippen molar-refractivity contribution < 1.29 is 23.5 Å². The number of nitrogens with zero attached hydrogens (tertiary/aromatic N) is 1. The maximum atomic E-state index is 14.3. The van der Waals surface area contributed by atoms with Crippen molar-refractivity contribution in [1.82, 2.24) is 4.90 Å². The van der Waals surface area contributed by atoms with Crippen LogP contribution in [0.3, 0.4) is 0 Å². The summed E-state index contributed by atoms with van der Waals surface area (Å²) in [5.74, 6) is 0.535. The Bertz CT molecular complexity index is 1330. The van der Waals surface area contributed by atoms with Crippen LogP contribution in [0.15, 0.2) is 71.6 Å². The van der Waals surface area contributed by atoms with E-state index >= 15 is 0 Å². The molecule has 0 saturated carbocycles. The third-order valence-corrected chi connectivity index (χ3v) is 7.88. The minimum absolute atomic E-state index is 0.0483. The molecule has 5 nitrogen and oxygen atoms in total. The average Bonchev–Trinajstić information content (AvgIpc) is 2.93. The van der Waals surface area contributed by atoms with Crippen LogP contribution in [0.25, 0.3) is 0 Å². The van der Waals surface area contributed by atoms with Crippen molar-refractivity contribution in [1.29, 1.82) is 0 Å². The van der Waals surface area contributed by atoms with Crippen LogP contribution >= 0.6 is 0 Å². The Morgan fingerprint density at radius 3 is 2.21 bits per heavy atom. The van der Waals surface area contributed by atoms with E-state index in [4.69, 9.17) is 9.47 Å². The topological polar surface area (TPSA) is 55.8 Å². The van der Waals surface area contributed by atoms with E-state index in [9.17, 15) is 14.0 Å². The van der Waals surface area contributed by atoms with Gasteiger partial charge in [0, 0.05) is 59.0 Å². The number of ketones is 2. The molecule has 5 rings (SSSR count). The number of Topliss-reactive ketones (excluding diaryl/α,β-unsaturated/α-hetero) is 2. The molecule has 0 saturated heterocycles. The van der Waals surface area contributed by atoms with Gasteiger partial charge in [-0.05, 0) is 63.6 Å². The molecule has 6 heteroatoms. The van der Waals surface area contributed by atoms with E-state index in [-0.39, 0.29) is 24.0 Å². The Hall–Kier alpha value is -3.67. The van der Waals surface area contributed by atoms with Gasteiger partial charge in [0.1, 0.15) is 12.4 Å². The number of benzene rings is 2. The molecule has 0 fully saturated rings. The van der Waals surface area contributed by atoms with Gasteiger partial charge in [0.15, 0.2) is 23.1 Å². The number of allylic oxidation sites excluding steroid dienone is 5. The SMILES string of the molecule is C=CCc1cc(C2C3=C(CCCC3=O)N(CC)C3=C2C(=O)CCC3)cc(OCC)c1OCc1ccccc1F. The first kappa shape index (κ1) is 26.9. The van der Waals surface area contributed by atoms with Crippen LogP contribution in [0.5, 0.6) is 11.5 Å². The fourth-order valence-corrected chi connectivity index (χ4v) is 6.28. The first-order valence-corrected chi connectivity index (χ1v) is 14.0. The molecule has 0 aromatic heterocycles. The number of hydrogen-bond donors (Lipinski definition) is 0. The highest BCUT2D eigenvalue weighted by Gasteiger charge is 2.43. The lowest BCUT2D eigenvalue weighted by Crippen LogP contribution is -2.39. The van der Waals surface area contributed by atoms with E-state index in [0.717, 1.165) is 65.9 Å². The summed E-state index contributed by atoms with van der Waals surface area (Å²) < 4.78 is 26.6. The summed E-state index contributed by atoms with van der Waals surface area (Å²) in [6, 6.07) is 10.5. The Morgan fingerprint density at radius 2 is 1.62 bits per heavy atom. The predicted octanol–water partition coefficient (Wildman–Crippen LogP) is 6.97. The van der Waals surface area contributed by atoms with E-state index in [0.29, 0.717) is 42.9 Å². The first-order chi connectivity index (χ1) is 19.0. The minimum Gasteiger partial charge on any atom is -0.490 e. The van der Waals surface area contributed by atoms with Crippen LogP contribution in [-0.2, 0) is 22.6 Å². The minimum atomic E-state index is -0.429. The molecular formula is C33H36FNO4. The molecule has 1 aliphatic heterocycles. The zero-order valence-electron chi connectivity index (χ0n) is 22.9. The number of hydrogen-bond acceptors (Lipinski definition) is 5. The van der Waals surface area contributed by atoms with Gasteiger partial charge in [0.05, 0.1) is 6.61 Å². The second-order valence-corrected chi connectivity index (χ2v) is 10.3. The average molecular weight is 530 g/mol. The second-order valence-electron chi connectivity index (χ2n) is 10.3. The molecule has 1 heterocycles. The fourth-order valence-electron chi connectivity index (χ4n) is 6.28. The van der Waals surface area contributed by atoms with Gasteiger partial charge < -0.3 is 14.4 Å². The highest BCUT2D eigenvalue weighted by atomic mass is 19.1. The largest absolute Gasteiger partial charge is 0.490 e. The van der Waals surface area contributed by atoms with Crippen molar-refractivity contribution in [2.45, 2.75) is 71.3 Å². The van der Waals surface area contributed by atoms with Gasteiger partial charge in [-0.1, -0.05) is 30.3 Å². The summed E-state index contributed by atoms with van der Waals surface area (Å²) in [4.78, 5) is 29.2. The van der Waals surface area contributed by atoms with Crippen LogP contribution in [-0.4, -0.2) is 29.6 Å². The highest BCUT2D eigenvalue weighted by molar-refractivity contribution is 6.06. The van der Waals surface area contributed by atoms with Crippen LogP contribution < -0.4 is 9.47 Å². The Balaban J connectivity index is 1.66. The van der Waals surface area contributed by atoms with Crippen molar-refractivity contribution in [2.75, 3.05) is 13.2 Å². The molecule has 39 heavy (non-hydrogen) atoms. The molecule has 2 aliphatic carbocycles. The van der Waals surface area contributed by atoms with Crippen LogP contribution in [0.1, 0.15) is 75.0 Å². The molecule has 204 valence electrons. The predicted molar refractivity (Wildman–Crippen MR) is 149 cm³/mol. The summed E-state index contributed by atoms with van der Waals surface area (Å²) >= 11 is 0. The number of rotatable bonds is 9. The molecule has 0 amide bonds. The second kappa shape index (κ2) is 11.6. The molecule has 2 aromatic rings. The molecular weight excluding hydrogens is 493 g/mol. The van der Waals surface area contributed by atoms with E-state index in [1.807, 2.05) is 19.1 Å². The summed E-state index contributed by atoms with van der Waals surface area (Å²) in [5.41, 5.74) is 5.77. The standard InChI is InChI=1S/C33H36FNO4/c1-4-11-21-18-23(19-29(38-6-3)33(21)39-20-22-12-7-8-13-24(22)34)30-31-25(14-9-16-27(31)36)35(5-2)26-15-10-17-28(37)32(26)30/h4,7-8,12-13,18-19,30H,1,5-6,9-11,14-17,20H2,2-3H3. The normalized spacial score (nSPS) is 17.8. The summed E-state index contributed by atoms with van der Waals surface area (Å²) in [6.45, 7) is 9.11. The lowest BCUT2D eigenvalue weighted by molar-refractivity contribution is -0.117. The Labute approximate surface area is 230 Å². The smallest absolute Gasteiger partial charge is 0.165 e. The molecule has 0 bridgehead atoms. The monoisotopic (exact) mass is 529 g/mol. The van der Waals surface area contributed by atoms with Crippen LogP contribution in [0.2, 0.25) is 0 Å². The van der Waals surface area contributed by atoms with Crippen LogP contribution in [0.4, 0.5) is 4.39 Å². The number of carbonyl (C=O) groups excluding carboxylic acids is 2. The van der Waals surface area contributed by atoms with Crippen molar-refractivity contribution in [3.63, 3.8) is 0 Å². The van der Waals surface area contributed by atoms with Crippen molar-refractivity contribution >= 4 is 11.6 Å². The van der Waals surface area contributed by atoms with Gasteiger partial charge in [-0.2, -0.15) is 0 Å². The molecule has 0 N–H and O–H groups in total. The first-order valence-electron chi connectivity index (χ1n) is 14.0. The van der Waals surface area contributed by atoms with Gasteiger partial charge in [0.25, 0.3) is 0 Å².